The van der Waals surface area contributed by atoms with Crippen LogP contribution in [-0.4, -0.2) is 24.6 Å². The Morgan fingerprint density at radius 2 is 1.97 bits per heavy atom. The van der Waals surface area contributed by atoms with Crippen LogP contribution in [0.15, 0.2) is 17.4 Å². The number of aromatic nitrogens is 5. The summed E-state index contributed by atoms with van der Waals surface area (Å²) in [5.74, 6) is 1.24. The number of fused-ring (bicyclic) bond motifs is 4. The molecule has 0 bridgehead atoms. The number of aryl methyl sites for hydroxylation is 2. The average molecular weight is 485 g/mol. The minimum absolute atomic E-state index is 0.115. The maximum atomic E-state index is 13.1. The van der Waals surface area contributed by atoms with Crippen LogP contribution in [0.1, 0.15) is 41.1 Å². The predicted molar refractivity (Wildman–Crippen MR) is 116 cm³/mol. The highest BCUT2D eigenvalue weighted by molar-refractivity contribution is 7.98. The van der Waals surface area contributed by atoms with Crippen LogP contribution in [0, 0.1) is 0 Å². The SMILES string of the molecule is Nc1nc(CSc2nnc3c(Cl)cc(C(F)(F)F)cn23)nc2sc3c(c12)CCCCC3. The highest BCUT2D eigenvalue weighted by Crippen LogP contribution is 2.38. The third kappa shape index (κ3) is 3.83. The summed E-state index contributed by atoms with van der Waals surface area (Å²) in [6.45, 7) is 0. The molecule has 4 heterocycles. The molecule has 0 amide bonds. The van der Waals surface area contributed by atoms with Crippen LogP contribution in [0.3, 0.4) is 0 Å². The molecule has 0 atom stereocenters. The van der Waals surface area contributed by atoms with Crippen molar-refractivity contribution < 1.29 is 13.2 Å². The predicted octanol–water partition coefficient (Wildman–Crippen LogP) is 5.55. The minimum atomic E-state index is -4.52. The first-order valence-electron chi connectivity index (χ1n) is 9.62. The Hall–Kier alpha value is -2.11. The Morgan fingerprint density at radius 1 is 1.16 bits per heavy atom. The van der Waals surface area contributed by atoms with Gasteiger partial charge in [0, 0.05) is 11.1 Å². The summed E-state index contributed by atoms with van der Waals surface area (Å²) in [6, 6.07) is 0.846. The first-order valence-corrected chi connectivity index (χ1v) is 11.8. The summed E-state index contributed by atoms with van der Waals surface area (Å²) in [7, 11) is 0. The number of thiophene rings is 1. The van der Waals surface area contributed by atoms with Gasteiger partial charge < -0.3 is 5.73 Å². The van der Waals surface area contributed by atoms with Crippen LogP contribution in [0.5, 0.6) is 0 Å². The van der Waals surface area contributed by atoms with Gasteiger partial charge in [-0.2, -0.15) is 13.2 Å². The van der Waals surface area contributed by atoms with E-state index < -0.39 is 11.7 Å². The molecule has 0 unspecified atom stereocenters. The van der Waals surface area contributed by atoms with Crippen molar-refractivity contribution >= 4 is 56.4 Å². The van der Waals surface area contributed by atoms with Crippen LogP contribution in [-0.2, 0) is 24.8 Å². The lowest BCUT2D eigenvalue weighted by Crippen LogP contribution is -2.07. The minimum Gasteiger partial charge on any atom is -0.383 e. The second-order valence-electron chi connectivity index (χ2n) is 7.31. The van der Waals surface area contributed by atoms with Crippen molar-refractivity contribution in [2.24, 2.45) is 0 Å². The quantitative estimate of drug-likeness (QED) is 0.303. The van der Waals surface area contributed by atoms with Gasteiger partial charge in [-0.25, -0.2) is 9.97 Å². The first kappa shape index (κ1) is 20.8. The lowest BCUT2D eigenvalue weighted by atomic mass is 10.1. The van der Waals surface area contributed by atoms with E-state index in [0.29, 0.717) is 11.6 Å². The van der Waals surface area contributed by atoms with E-state index in [4.69, 9.17) is 17.3 Å². The monoisotopic (exact) mass is 484 g/mol. The molecule has 1 aliphatic rings. The van der Waals surface area contributed by atoms with Crippen molar-refractivity contribution in [3.8, 4) is 0 Å². The lowest BCUT2D eigenvalue weighted by Gasteiger charge is -2.08. The van der Waals surface area contributed by atoms with Gasteiger partial charge in [-0.15, -0.1) is 21.5 Å². The zero-order valence-electron chi connectivity index (χ0n) is 16.0. The van der Waals surface area contributed by atoms with Gasteiger partial charge in [0.25, 0.3) is 0 Å². The van der Waals surface area contributed by atoms with Gasteiger partial charge in [0.15, 0.2) is 10.8 Å². The van der Waals surface area contributed by atoms with Crippen LogP contribution in [0.25, 0.3) is 15.9 Å². The maximum Gasteiger partial charge on any atom is 0.417 e. The summed E-state index contributed by atoms with van der Waals surface area (Å²) in [5.41, 5.74) is 6.84. The van der Waals surface area contributed by atoms with Gasteiger partial charge in [0.1, 0.15) is 16.5 Å². The molecule has 0 saturated carbocycles. The Bertz CT molecular complexity index is 1300. The van der Waals surface area contributed by atoms with Gasteiger partial charge in [0.2, 0.25) is 0 Å². The van der Waals surface area contributed by atoms with Crippen LogP contribution >= 0.6 is 34.7 Å². The summed E-state index contributed by atoms with van der Waals surface area (Å²) in [5, 5.41) is 8.99. The molecule has 31 heavy (non-hydrogen) atoms. The van der Waals surface area contributed by atoms with E-state index in [1.807, 2.05) is 0 Å². The molecule has 2 N–H and O–H groups in total. The van der Waals surface area contributed by atoms with Crippen molar-refractivity contribution in [1.82, 2.24) is 24.6 Å². The Morgan fingerprint density at radius 3 is 2.77 bits per heavy atom. The molecule has 0 fully saturated rings. The van der Waals surface area contributed by atoms with E-state index >= 15 is 0 Å². The third-order valence-corrected chi connectivity index (χ3v) is 7.63. The van der Waals surface area contributed by atoms with E-state index in [9.17, 15) is 13.2 Å². The Labute approximate surface area is 188 Å². The summed E-state index contributed by atoms with van der Waals surface area (Å²) in [6.07, 6.45) is 1.96. The topological polar surface area (TPSA) is 82.0 Å². The van der Waals surface area contributed by atoms with Crippen molar-refractivity contribution in [2.45, 2.75) is 49.2 Å². The highest BCUT2D eigenvalue weighted by Gasteiger charge is 2.32. The zero-order valence-corrected chi connectivity index (χ0v) is 18.4. The third-order valence-electron chi connectivity index (χ3n) is 5.23. The van der Waals surface area contributed by atoms with Crippen molar-refractivity contribution in [3.63, 3.8) is 0 Å². The molecule has 12 heteroatoms. The van der Waals surface area contributed by atoms with Gasteiger partial charge in [0.05, 0.1) is 21.7 Å². The standard InChI is InChI=1S/C19H16ClF3N6S2/c20-11-6-9(19(21,22)23)7-29-16(11)27-28-18(29)30-8-13-25-15(24)14-10-4-2-1-3-5-12(10)31-17(14)26-13/h6-7H,1-5,8H2,(H2,24,25,26). The molecular weight excluding hydrogens is 469 g/mol. The molecule has 0 radical (unpaired) electrons. The first-order chi connectivity index (χ1) is 14.8. The smallest absolute Gasteiger partial charge is 0.383 e. The van der Waals surface area contributed by atoms with E-state index in [-0.39, 0.29) is 21.6 Å². The van der Waals surface area contributed by atoms with Crippen molar-refractivity contribution in [2.75, 3.05) is 5.73 Å². The molecule has 0 spiro atoms. The number of halogens is 4. The summed E-state index contributed by atoms with van der Waals surface area (Å²) >= 11 is 8.81. The largest absolute Gasteiger partial charge is 0.417 e. The fourth-order valence-electron chi connectivity index (χ4n) is 3.79. The average Bonchev–Trinajstić information content (AvgIpc) is 3.20. The van der Waals surface area contributed by atoms with Crippen molar-refractivity contribution in [3.05, 3.63) is 39.1 Å². The van der Waals surface area contributed by atoms with Gasteiger partial charge >= 0.3 is 6.18 Å². The number of anilines is 1. The Kier molecular flexibility index (Phi) is 5.22. The molecule has 4 aromatic rings. The van der Waals surface area contributed by atoms with Crippen molar-refractivity contribution in [1.29, 1.82) is 0 Å². The lowest BCUT2D eigenvalue weighted by molar-refractivity contribution is -0.137. The normalized spacial score (nSPS) is 14.8. The maximum absolute atomic E-state index is 13.1. The fraction of sp³-hybridized carbons (Fsp3) is 0.368. The van der Waals surface area contributed by atoms with Gasteiger partial charge in [-0.3, -0.25) is 4.40 Å². The molecule has 162 valence electrons. The number of hydrogen-bond acceptors (Lipinski definition) is 7. The number of rotatable bonds is 3. The fourth-order valence-corrected chi connectivity index (χ4v) is 6.09. The number of alkyl halides is 3. The molecule has 4 aromatic heterocycles. The number of nitrogen functional groups attached to an aromatic ring is 1. The second-order valence-corrected chi connectivity index (χ2v) is 9.74. The number of thioether (sulfide) groups is 1. The molecule has 1 aliphatic carbocycles. The van der Waals surface area contributed by atoms with Crippen LogP contribution in [0.4, 0.5) is 19.0 Å². The van der Waals surface area contributed by atoms with Gasteiger partial charge in [-0.1, -0.05) is 29.8 Å². The molecule has 5 rings (SSSR count). The number of hydrogen-bond donors (Lipinski definition) is 1. The second kappa shape index (κ2) is 7.79. The van der Waals surface area contributed by atoms with E-state index in [1.165, 1.54) is 33.0 Å². The zero-order chi connectivity index (χ0) is 21.8. The molecule has 6 nitrogen and oxygen atoms in total. The molecule has 0 aromatic carbocycles. The van der Waals surface area contributed by atoms with E-state index in [0.717, 1.165) is 48.2 Å². The summed E-state index contributed by atoms with van der Waals surface area (Å²) < 4.78 is 40.7. The van der Waals surface area contributed by atoms with Crippen LogP contribution in [0.2, 0.25) is 5.02 Å². The number of nitrogens with two attached hydrogens (primary N) is 1. The van der Waals surface area contributed by atoms with Gasteiger partial charge in [-0.05, 0) is 37.3 Å². The number of nitrogens with zero attached hydrogens (tertiary/aromatic N) is 5. The van der Waals surface area contributed by atoms with Crippen LogP contribution < -0.4 is 5.73 Å². The highest BCUT2D eigenvalue weighted by atomic mass is 35.5. The molecule has 0 saturated heterocycles. The van der Waals surface area contributed by atoms with E-state index in [1.54, 1.807) is 11.3 Å². The van der Waals surface area contributed by atoms with E-state index in [2.05, 4.69) is 20.2 Å². The molecule has 0 aliphatic heterocycles. The summed E-state index contributed by atoms with van der Waals surface area (Å²) in [4.78, 5) is 11.3. The molecular formula is C19H16ClF3N6S2. The number of pyridine rings is 1. The Balaban J connectivity index is 1.46.